The standard InChI is InChI=1S/C52H76O12S2/c1-11-24-55-40-33-44(58-27-14-4)50(45(34-40)59-28-15-5)65(64-66(53,54)43-22-20-39(10)21-23-43,51-46(60-29-16-6)35-41(56-25-12-2)36-47(51)61-30-17-7)52-48(62-31-18-8)37-42(57-26-13-3)38-49(52)63-32-19-9/h20-23,33-38H,11-19,24-32H2,1-10H3. The van der Waals surface area contributed by atoms with E-state index < -0.39 is 20.4 Å². The number of hydrogen-bond donors (Lipinski definition) is 0. The van der Waals surface area contributed by atoms with Crippen LogP contribution in [0.2, 0.25) is 0 Å². The van der Waals surface area contributed by atoms with Crippen LogP contribution in [-0.2, 0) is 13.7 Å². The van der Waals surface area contributed by atoms with Crippen LogP contribution in [-0.4, -0.2) is 67.9 Å². The molecule has 66 heavy (non-hydrogen) atoms. The second kappa shape index (κ2) is 27.9. The van der Waals surface area contributed by atoms with Crippen molar-refractivity contribution < 1.29 is 54.7 Å². The molecule has 4 rings (SSSR count). The van der Waals surface area contributed by atoms with Crippen LogP contribution < -0.4 is 42.6 Å². The summed E-state index contributed by atoms with van der Waals surface area (Å²) in [6, 6.07) is 17.3. The fraction of sp³-hybridized carbons (Fsp3) is 0.538. The molecule has 0 atom stereocenters. The number of rotatable bonds is 33. The molecule has 0 N–H and O–H groups in total. The van der Waals surface area contributed by atoms with Gasteiger partial charge in [-0.15, -0.1) is 0 Å². The summed E-state index contributed by atoms with van der Waals surface area (Å²) in [5.41, 5.74) is 0.877. The monoisotopic (exact) mass is 956 g/mol. The van der Waals surface area contributed by atoms with Gasteiger partial charge in [-0.25, -0.2) is 3.63 Å². The molecule has 0 unspecified atom stereocenters. The van der Waals surface area contributed by atoms with E-state index >= 15 is 8.42 Å². The van der Waals surface area contributed by atoms with Crippen molar-refractivity contribution in [1.29, 1.82) is 0 Å². The first-order valence-corrected chi connectivity index (χ1v) is 27.0. The lowest BCUT2D eigenvalue weighted by atomic mass is 10.2. The van der Waals surface area contributed by atoms with Gasteiger partial charge in [-0.1, -0.05) is 80.0 Å². The third-order valence-electron chi connectivity index (χ3n) is 9.54. The molecular weight excluding hydrogens is 881 g/mol. The average molecular weight is 957 g/mol. The van der Waals surface area contributed by atoms with E-state index in [1.807, 2.05) is 69.2 Å². The van der Waals surface area contributed by atoms with E-state index in [0.29, 0.717) is 90.3 Å². The molecule has 0 fully saturated rings. The Bertz CT molecular complexity index is 1910. The van der Waals surface area contributed by atoms with Gasteiger partial charge in [-0.3, -0.25) is 0 Å². The Morgan fingerprint density at radius 1 is 0.348 bits per heavy atom. The van der Waals surface area contributed by atoms with Crippen molar-refractivity contribution in [2.24, 2.45) is 0 Å². The van der Waals surface area contributed by atoms with Crippen LogP contribution in [0.4, 0.5) is 0 Å². The topological polar surface area (TPSA) is 126 Å². The Hall–Kier alpha value is -4.66. The third-order valence-corrected chi connectivity index (χ3v) is 14.8. The number of hydrogen-bond acceptors (Lipinski definition) is 12. The van der Waals surface area contributed by atoms with Gasteiger partial charge in [0.2, 0.25) is 0 Å². The maximum Gasteiger partial charge on any atom is 0.307 e. The lowest BCUT2D eigenvalue weighted by molar-refractivity contribution is 0.268. The van der Waals surface area contributed by atoms with Crippen LogP contribution in [0, 0.1) is 6.92 Å². The Balaban J connectivity index is 2.55. The van der Waals surface area contributed by atoms with E-state index in [4.69, 9.17) is 46.3 Å². The van der Waals surface area contributed by atoms with Gasteiger partial charge in [-0.05, 0) is 87.2 Å². The molecule has 0 aliphatic heterocycles. The predicted octanol–water partition coefficient (Wildman–Crippen LogP) is 13.7. The van der Waals surface area contributed by atoms with E-state index in [1.54, 1.807) is 60.7 Å². The molecule has 12 nitrogen and oxygen atoms in total. The molecule has 368 valence electrons. The lowest BCUT2D eigenvalue weighted by Crippen LogP contribution is -2.20. The second-order valence-electron chi connectivity index (χ2n) is 15.8. The van der Waals surface area contributed by atoms with Crippen LogP contribution in [0.1, 0.15) is 126 Å². The predicted molar refractivity (Wildman–Crippen MR) is 263 cm³/mol. The normalized spacial score (nSPS) is 11.8. The summed E-state index contributed by atoms with van der Waals surface area (Å²) >= 11 is 0. The minimum absolute atomic E-state index is 0.0650. The van der Waals surface area contributed by atoms with Gasteiger partial charge in [0.15, 0.2) is 0 Å². The van der Waals surface area contributed by atoms with Gasteiger partial charge in [0.1, 0.15) is 66.4 Å². The fourth-order valence-electron chi connectivity index (χ4n) is 6.62. The zero-order valence-corrected chi connectivity index (χ0v) is 42.8. The molecule has 0 heterocycles. The second-order valence-corrected chi connectivity index (χ2v) is 20.0. The Labute approximate surface area is 397 Å². The van der Waals surface area contributed by atoms with Crippen LogP contribution in [0.3, 0.4) is 0 Å². The molecule has 4 aromatic rings. The molecule has 0 amide bonds. The van der Waals surface area contributed by atoms with Gasteiger partial charge >= 0.3 is 10.1 Å². The molecule has 14 heteroatoms. The van der Waals surface area contributed by atoms with Gasteiger partial charge in [0, 0.05) is 36.4 Å². The van der Waals surface area contributed by atoms with E-state index in [-0.39, 0.29) is 79.0 Å². The molecule has 0 aliphatic carbocycles. The molecular formula is C52H76O12S2. The molecule has 4 aromatic carbocycles. The molecule has 0 saturated heterocycles. The summed E-state index contributed by atoms with van der Waals surface area (Å²) in [6.45, 7) is 22.9. The van der Waals surface area contributed by atoms with Crippen molar-refractivity contribution in [3.05, 3.63) is 66.2 Å². The van der Waals surface area contributed by atoms with E-state index in [1.165, 1.54) is 0 Å². The van der Waals surface area contributed by atoms with Crippen molar-refractivity contribution in [1.82, 2.24) is 0 Å². The highest BCUT2D eigenvalue weighted by molar-refractivity contribution is 8.33. The smallest absolute Gasteiger partial charge is 0.307 e. The highest BCUT2D eigenvalue weighted by atomic mass is 32.3. The van der Waals surface area contributed by atoms with Crippen molar-refractivity contribution in [3.63, 3.8) is 0 Å². The van der Waals surface area contributed by atoms with E-state index in [9.17, 15) is 0 Å². The van der Waals surface area contributed by atoms with Crippen molar-refractivity contribution >= 4 is 20.4 Å². The Morgan fingerprint density at radius 3 is 0.803 bits per heavy atom. The maximum absolute atomic E-state index is 15.7. The largest absolute Gasteiger partial charge is 0.493 e. The summed E-state index contributed by atoms with van der Waals surface area (Å²) in [5, 5.41) is 0. The highest BCUT2D eigenvalue weighted by Gasteiger charge is 2.51. The molecule has 0 saturated carbocycles. The zero-order chi connectivity index (χ0) is 48.0. The first kappa shape index (κ1) is 54.0. The molecule has 0 aromatic heterocycles. The lowest BCUT2D eigenvalue weighted by Gasteiger charge is -2.43. The molecule has 0 aliphatic rings. The summed E-state index contributed by atoms with van der Waals surface area (Å²) in [5.74, 6) is 3.16. The summed E-state index contributed by atoms with van der Waals surface area (Å²) in [7, 11) is -8.70. The quantitative estimate of drug-likeness (QED) is 0.0451. The van der Waals surface area contributed by atoms with E-state index in [2.05, 4.69) is 0 Å². The molecule has 0 spiro atoms. The van der Waals surface area contributed by atoms with Crippen LogP contribution >= 0.6 is 10.3 Å². The Morgan fingerprint density at radius 2 is 0.576 bits per heavy atom. The van der Waals surface area contributed by atoms with E-state index in [0.717, 1.165) is 24.8 Å². The number of benzene rings is 4. The average Bonchev–Trinajstić information content (AvgIpc) is 3.32. The summed E-state index contributed by atoms with van der Waals surface area (Å²) in [4.78, 5) is 0.807. The highest BCUT2D eigenvalue weighted by Crippen LogP contribution is 2.81. The first-order chi connectivity index (χ1) is 32.0. The molecule has 0 radical (unpaired) electrons. The SMILES string of the molecule is CCCOc1cc(OCCC)c(S(OS(=O)(=O)c2ccc(C)cc2)(c2c(OCCC)cc(OCCC)cc2OCCC)c2c(OCCC)cc(OCCC)cc2OCCC)c(OCCC)c1. The number of ether oxygens (including phenoxy) is 9. The first-order valence-electron chi connectivity index (χ1n) is 24.1. The minimum atomic E-state index is -4.77. The zero-order valence-electron chi connectivity index (χ0n) is 41.2. The fourth-order valence-corrected chi connectivity index (χ4v) is 12.3. The summed E-state index contributed by atoms with van der Waals surface area (Å²) in [6.07, 6.45) is 6.04. The minimum Gasteiger partial charge on any atom is -0.493 e. The van der Waals surface area contributed by atoms with Crippen LogP contribution in [0.15, 0.2) is 80.2 Å². The van der Waals surface area contributed by atoms with Crippen LogP contribution in [0.5, 0.6) is 51.7 Å². The maximum atomic E-state index is 15.7. The number of aryl methyl sites for hydroxylation is 1. The molecule has 0 bridgehead atoms. The van der Waals surface area contributed by atoms with Gasteiger partial charge in [0.05, 0.1) is 64.4 Å². The van der Waals surface area contributed by atoms with Gasteiger partial charge < -0.3 is 42.6 Å². The van der Waals surface area contributed by atoms with Gasteiger partial charge in [-0.2, -0.15) is 8.42 Å². The van der Waals surface area contributed by atoms with Crippen molar-refractivity contribution in [2.45, 2.75) is 147 Å². The van der Waals surface area contributed by atoms with Crippen molar-refractivity contribution in [2.75, 3.05) is 59.5 Å². The Kier molecular flexibility index (Phi) is 22.8. The summed E-state index contributed by atoms with van der Waals surface area (Å²) < 4.78 is 98.8. The van der Waals surface area contributed by atoms with Crippen molar-refractivity contribution in [3.8, 4) is 51.7 Å². The third kappa shape index (κ3) is 14.2. The van der Waals surface area contributed by atoms with Crippen LogP contribution in [0.25, 0.3) is 0 Å². The van der Waals surface area contributed by atoms with Gasteiger partial charge in [0.25, 0.3) is 0 Å².